The van der Waals surface area contributed by atoms with E-state index < -0.39 is 0 Å². The van der Waals surface area contributed by atoms with Crippen molar-refractivity contribution in [2.75, 3.05) is 0 Å². The monoisotopic (exact) mass is 407 g/mol. The summed E-state index contributed by atoms with van der Waals surface area (Å²) in [5.74, 6) is -0.0783. The van der Waals surface area contributed by atoms with Crippen molar-refractivity contribution in [1.82, 2.24) is 15.1 Å². The van der Waals surface area contributed by atoms with Gasteiger partial charge in [0.1, 0.15) is 5.82 Å². The Bertz CT molecular complexity index is 1060. The van der Waals surface area contributed by atoms with Gasteiger partial charge in [-0.15, -0.1) is 0 Å². The van der Waals surface area contributed by atoms with E-state index in [4.69, 9.17) is 0 Å². The summed E-state index contributed by atoms with van der Waals surface area (Å²) in [6, 6.07) is 17.0. The molecule has 1 heterocycles. The Balaban J connectivity index is 1.64. The van der Waals surface area contributed by atoms with Crippen LogP contribution in [0.5, 0.6) is 0 Å². The van der Waals surface area contributed by atoms with Gasteiger partial charge in [-0.1, -0.05) is 50.2 Å². The van der Waals surface area contributed by atoms with Crippen LogP contribution in [0.1, 0.15) is 50.3 Å². The molecule has 3 aromatic rings. The fourth-order valence-corrected chi connectivity index (χ4v) is 3.16. The summed E-state index contributed by atoms with van der Waals surface area (Å²) < 4.78 is 14.4. The van der Waals surface area contributed by atoms with Gasteiger partial charge in [0.15, 0.2) is 0 Å². The number of rotatable bonds is 7. The molecule has 30 heavy (non-hydrogen) atoms. The Hall–Kier alpha value is -3.28. The van der Waals surface area contributed by atoms with Gasteiger partial charge in [-0.2, -0.15) is 5.10 Å². The summed E-state index contributed by atoms with van der Waals surface area (Å²) in [7, 11) is 0. The van der Waals surface area contributed by atoms with Gasteiger partial charge < -0.3 is 5.32 Å². The van der Waals surface area contributed by atoms with Crippen LogP contribution >= 0.6 is 0 Å². The number of hydrogen-bond acceptors (Lipinski definition) is 3. The number of amides is 1. The summed E-state index contributed by atoms with van der Waals surface area (Å²) in [5.41, 5.74) is 3.40. The van der Waals surface area contributed by atoms with Crippen molar-refractivity contribution in [3.63, 3.8) is 0 Å². The topological polar surface area (TPSA) is 64.0 Å². The van der Waals surface area contributed by atoms with E-state index in [9.17, 15) is 14.0 Å². The van der Waals surface area contributed by atoms with Gasteiger partial charge in [-0.25, -0.2) is 9.07 Å². The summed E-state index contributed by atoms with van der Waals surface area (Å²) in [4.78, 5) is 24.5. The predicted molar refractivity (Wildman–Crippen MR) is 116 cm³/mol. The first-order chi connectivity index (χ1) is 14.3. The Kier molecular flexibility index (Phi) is 6.77. The summed E-state index contributed by atoms with van der Waals surface area (Å²) in [6.45, 7) is 6.28. The van der Waals surface area contributed by atoms with Crippen molar-refractivity contribution >= 4 is 5.91 Å². The maximum Gasteiger partial charge on any atom is 0.266 e. The van der Waals surface area contributed by atoms with E-state index in [1.54, 1.807) is 18.2 Å². The van der Waals surface area contributed by atoms with E-state index in [2.05, 4.69) is 36.4 Å². The summed E-state index contributed by atoms with van der Waals surface area (Å²) in [6.07, 6.45) is 0.119. The zero-order chi connectivity index (χ0) is 21.7. The van der Waals surface area contributed by atoms with E-state index in [1.807, 2.05) is 19.1 Å². The molecule has 1 aromatic heterocycles. The highest BCUT2D eigenvalue weighted by molar-refractivity contribution is 5.76. The maximum atomic E-state index is 13.0. The van der Waals surface area contributed by atoms with E-state index >= 15 is 0 Å². The van der Waals surface area contributed by atoms with E-state index in [0.717, 1.165) is 11.1 Å². The molecule has 1 atom stereocenters. The van der Waals surface area contributed by atoms with E-state index in [1.165, 1.54) is 28.4 Å². The van der Waals surface area contributed by atoms with Crippen molar-refractivity contribution in [1.29, 1.82) is 0 Å². The molecule has 5 nitrogen and oxygen atoms in total. The second kappa shape index (κ2) is 9.48. The first kappa shape index (κ1) is 21.4. The molecule has 0 bridgehead atoms. The zero-order valence-corrected chi connectivity index (χ0v) is 17.4. The molecule has 0 fully saturated rings. The van der Waals surface area contributed by atoms with Crippen molar-refractivity contribution in [3.8, 4) is 11.3 Å². The Labute approximate surface area is 175 Å². The SMILES string of the molecule is CC(C)c1ccc(-c2ccc(=O)n(CCC(=O)N[C@H](C)c3ccc(F)cc3)n2)cc1. The van der Waals surface area contributed by atoms with E-state index in [0.29, 0.717) is 11.6 Å². The third kappa shape index (κ3) is 5.41. The molecule has 1 N–H and O–H groups in total. The van der Waals surface area contributed by atoms with Crippen LogP contribution < -0.4 is 10.9 Å². The molecule has 0 saturated heterocycles. The van der Waals surface area contributed by atoms with Crippen LogP contribution in [0.15, 0.2) is 65.5 Å². The number of carbonyl (C=O) groups is 1. The lowest BCUT2D eigenvalue weighted by atomic mass is 10.0. The second-order valence-electron chi connectivity index (χ2n) is 7.65. The molecule has 6 heteroatoms. The minimum absolute atomic E-state index is 0.119. The molecule has 0 saturated carbocycles. The molecule has 0 aliphatic rings. The van der Waals surface area contributed by atoms with Crippen molar-refractivity contribution in [3.05, 3.63) is 88.0 Å². The number of aromatic nitrogens is 2. The van der Waals surface area contributed by atoms with Crippen LogP contribution in [-0.4, -0.2) is 15.7 Å². The first-order valence-electron chi connectivity index (χ1n) is 10.1. The molecule has 3 rings (SSSR count). The molecule has 1 amide bonds. The fourth-order valence-electron chi connectivity index (χ4n) is 3.16. The van der Waals surface area contributed by atoms with Crippen LogP contribution in [0.2, 0.25) is 0 Å². The predicted octanol–water partition coefficient (Wildman–Crippen LogP) is 4.44. The van der Waals surface area contributed by atoms with Gasteiger partial charge in [-0.3, -0.25) is 9.59 Å². The van der Waals surface area contributed by atoms with Crippen LogP contribution in [0.3, 0.4) is 0 Å². The van der Waals surface area contributed by atoms with Gasteiger partial charge in [0.25, 0.3) is 5.56 Å². The summed E-state index contributed by atoms with van der Waals surface area (Å²) >= 11 is 0. The van der Waals surface area contributed by atoms with Crippen LogP contribution in [0.4, 0.5) is 4.39 Å². The molecule has 0 spiro atoms. The summed E-state index contributed by atoms with van der Waals surface area (Å²) in [5, 5.41) is 7.28. The smallest absolute Gasteiger partial charge is 0.266 e. The van der Waals surface area contributed by atoms with Crippen LogP contribution in [-0.2, 0) is 11.3 Å². The third-order valence-corrected chi connectivity index (χ3v) is 5.04. The number of benzene rings is 2. The Morgan fingerprint density at radius 1 is 0.967 bits per heavy atom. The van der Waals surface area contributed by atoms with Gasteiger partial charge in [0, 0.05) is 18.1 Å². The molecule has 0 radical (unpaired) electrons. The highest BCUT2D eigenvalue weighted by atomic mass is 19.1. The van der Waals surface area contributed by atoms with Crippen molar-refractivity contribution < 1.29 is 9.18 Å². The number of aryl methyl sites for hydroxylation is 1. The molecule has 0 unspecified atom stereocenters. The molecule has 156 valence electrons. The highest BCUT2D eigenvalue weighted by Gasteiger charge is 2.11. The molecule has 0 aliphatic carbocycles. The van der Waals surface area contributed by atoms with Gasteiger partial charge in [0.2, 0.25) is 5.91 Å². The normalized spacial score (nSPS) is 12.0. The molecule has 2 aromatic carbocycles. The number of hydrogen-bond donors (Lipinski definition) is 1. The van der Waals surface area contributed by atoms with Crippen LogP contribution in [0, 0.1) is 5.82 Å². The van der Waals surface area contributed by atoms with Crippen molar-refractivity contribution in [2.24, 2.45) is 0 Å². The fraction of sp³-hybridized carbons (Fsp3) is 0.292. The Morgan fingerprint density at radius 3 is 2.23 bits per heavy atom. The average Bonchev–Trinajstić information content (AvgIpc) is 2.73. The molecular weight excluding hydrogens is 381 g/mol. The van der Waals surface area contributed by atoms with Crippen LogP contribution in [0.25, 0.3) is 11.3 Å². The molecule has 0 aliphatic heterocycles. The maximum absolute atomic E-state index is 13.0. The number of nitrogens with one attached hydrogen (secondary N) is 1. The standard InChI is InChI=1S/C24H26FN3O2/c1-16(2)18-4-6-20(7-5-18)22-12-13-24(30)28(27-22)15-14-23(29)26-17(3)19-8-10-21(25)11-9-19/h4-13,16-17H,14-15H2,1-3H3,(H,26,29)/t17-/m1/s1. The first-order valence-corrected chi connectivity index (χ1v) is 10.1. The number of halogens is 1. The van der Waals surface area contributed by atoms with E-state index in [-0.39, 0.29) is 36.3 Å². The lowest BCUT2D eigenvalue weighted by Crippen LogP contribution is -2.30. The van der Waals surface area contributed by atoms with Crippen molar-refractivity contribution in [2.45, 2.75) is 45.7 Å². The molecular formula is C24H26FN3O2. The van der Waals surface area contributed by atoms with Gasteiger partial charge in [-0.05, 0) is 42.2 Å². The number of carbonyl (C=O) groups excluding carboxylic acids is 1. The Morgan fingerprint density at radius 2 is 1.60 bits per heavy atom. The zero-order valence-electron chi connectivity index (χ0n) is 17.4. The lowest BCUT2D eigenvalue weighted by Gasteiger charge is -2.14. The quantitative estimate of drug-likeness (QED) is 0.630. The highest BCUT2D eigenvalue weighted by Crippen LogP contribution is 2.20. The minimum atomic E-state index is -0.318. The lowest BCUT2D eigenvalue weighted by molar-refractivity contribution is -0.122. The largest absolute Gasteiger partial charge is 0.350 e. The minimum Gasteiger partial charge on any atom is -0.350 e. The third-order valence-electron chi connectivity index (χ3n) is 5.04. The number of nitrogens with zero attached hydrogens (tertiary/aromatic N) is 2. The van der Waals surface area contributed by atoms with Gasteiger partial charge in [0.05, 0.1) is 18.3 Å². The van der Waals surface area contributed by atoms with Gasteiger partial charge >= 0.3 is 0 Å². The second-order valence-corrected chi connectivity index (χ2v) is 7.65. The average molecular weight is 407 g/mol.